The Kier molecular flexibility index (Phi) is 6.34. The molecule has 3 N–H and O–H groups in total. The summed E-state index contributed by atoms with van der Waals surface area (Å²) < 4.78 is 91.1. The first-order chi connectivity index (χ1) is 15.2. The van der Waals surface area contributed by atoms with E-state index in [0.717, 1.165) is 30.3 Å². The second-order valence-electron chi connectivity index (χ2n) is 6.94. The molecule has 2 aromatic carbocycles. The van der Waals surface area contributed by atoms with Crippen molar-refractivity contribution in [2.75, 3.05) is 0 Å². The summed E-state index contributed by atoms with van der Waals surface area (Å²) in [4.78, 5) is 35.9. The van der Waals surface area contributed by atoms with Crippen molar-refractivity contribution in [3.63, 3.8) is 0 Å². The fraction of sp³-hybridized carbons (Fsp3) is 0.167. The van der Waals surface area contributed by atoms with Gasteiger partial charge in [0.1, 0.15) is 5.92 Å². The van der Waals surface area contributed by atoms with Crippen LogP contribution in [0, 0.1) is 17.6 Å². The van der Waals surface area contributed by atoms with E-state index >= 15 is 0 Å². The zero-order valence-corrected chi connectivity index (χ0v) is 17.9. The minimum Gasteiger partial charge on any atom is -0.282 e. The minimum atomic E-state index is -5.06. The third-order valence-electron chi connectivity index (χ3n) is 4.72. The Morgan fingerprint density at radius 3 is 2.15 bits per heavy atom. The number of carbonyl (C=O) groups excluding carboxylic acids is 3. The Labute approximate surface area is 185 Å². The van der Waals surface area contributed by atoms with Gasteiger partial charge in [-0.2, -0.15) is 16.8 Å². The van der Waals surface area contributed by atoms with E-state index in [0.29, 0.717) is 11.0 Å². The lowest BCUT2D eigenvalue weighted by molar-refractivity contribution is -0.143. The van der Waals surface area contributed by atoms with Crippen molar-refractivity contribution in [3.8, 4) is 0 Å². The molecule has 1 atom stereocenters. The number of halogens is 2. The normalized spacial score (nSPS) is 17.3. The van der Waals surface area contributed by atoms with Gasteiger partial charge in [0.05, 0.1) is 16.3 Å². The van der Waals surface area contributed by atoms with E-state index in [-0.39, 0.29) is 11.1 Å². The van der Waals surface area contributed by atoms with Crippen LogP contribution in [0.4, 0.5) is 13.6 Å². The quantitative estimate of drug-likeness (QED) is 0.381. The number of imide groups is 2. The summed E-state index contributed by atoms with van der Waals surface area (Å²) in [5.41, 5.74) is -0.345. The highest BCUT2D eigenvalue weighted by Crippen LogP contribution is 2.26. The fourth-order valence-corrected chi connectivity index (χ4v) is 4.47. The molecule has 1 fully saturated rings. The van der Waals surface area contributed by atoms with Crippen molar-refractivity contribution in [1.29, 1.82) is 0 Å². The first-order valence-electron chi connectivity index (χ1n) is 8.86. The number of amides is 4. The van der Waals surface area contributed by atoms with E-state index in [1.807, 2.05) is 5.32 Å². The predicted octanol–water partition coefficient (Wildman–Crippen LogP) is 0.896. The fourth-order valence-electron chi connectivity index (χ4n) is 3.13. The van der Waals surface area contributed by atoms with E-state index in [1.54, 1.807) is 0 Å². The van der Waals surface area contributed by atoms with Crippen LogP contribution in [0.3, 0.4) is 0 Å². The molecule has 3 rings (SSSR count). The van der Waals surface area contributed by atoms with Crippen LogP contribution in [0.2, 0.25) is 0 Å². The van der Waals surface area contributed by atoms with Gasteiger partial charge < -0.3 is 0 Å². The molecule has 0 saturated carbocycles. The van der Waals surface area contributed by atoms with Crippen molar-refractivity contribution in [2.24, 2.45) is 5.92 Å². The van der Waals surface area contributed by atoms with Gasteiger partial charge in [0.2, 0.25) is 11.8 Å². The lowest BCUT2D eigenvalue weighted by Gasteiger charge is -2.30. The number of benzene rings is 2. The Balaban J connectivity index is 1.96. The molecule has 0 spiro atoms. The Bertz CT molecular complexity index is 1390. The summed E-state index contributed by atoms with van der Waals surface area (Å²) in [6.07, 6.45) is -0.687. The largest absolute Gasteiger partial charge is 0.331 e. The third-order valence-corrected chi connectivity index (χ3v) is 6.50. The smallest absolute Gasteiger partial charge is 0.282 e. The number of nitrogens with zero attached hydrogens (tertiary/aromatic N) is 1. The van der Waals surface area contributed by atoms with Crippen molar-refractivity contribution in [2.45, 2.75) is 22.8 Å². The number of nitrogens with one attached hydrogen (secondary N) is 1. The number of barbiturate groups is 1. The van der Waals surface area contributed by atoms with Crippen molar-refractivity contribution in [1.82, 2.24) is 10.2 Å². The number of carbonyl (C=O) groups is 3. The van der Waals surface area contributed by atoms with Gasteiger partial charge in [0.25, 0.3) is 20.2 Å². The lowest BCUT2D eigenvalue weighted by atomic mass is 9.95. The lowest BCUT2D eigenvalue weighted by Crippen LogP contribution is -2.58. The second-order valence-corrected chi connectivity index (χ2v) is 9.76. The van der Waals surface area contributed by atoms with Crippen LogP contribution in [0.25, 0.3) is 0 Å². The molecule has 1 heterocycles. The number of urea groups is 1. The first-order valence-corrected chi connectivity index (χ1v) is 11.7. The van der Waals surface area contributed by atoms with Gasteiger partial charge in [-0.25, -0.2) is 13.6 Å². The first kappa shape index (κ1) is 24.4. The molecule has 2 aromatic rings. The van der Waals surface area contributed by atoms with Crippen LogP contribution in [-0.4, -0.2) is 48.7 Å². The average molecular weight is 504 g/mol. The molecule has 1 unspecified atom stereocenters. The van der Waals surface area contributed by atoms with Crippen LogP contribution >= 0.6 is 0 Å². The van der Waals surface area contributed by atoms with Crippen molar-refractivity contribution < 1.29 is 49.1 Å². The van der Waals surface area contributed by atoms with Gasteiger partial charge in [0.15, 0.2) is 11.6 Å². The van der Waals surface area contributed by atoms with E-state index in [2.05, 4.69) is 0 Å². The van der Waals surface area contributed by atoms with Crippen LogP contribution < -0.4 is 5.32 Å². The van der Waals surface area contributed by atoms with Gasteiger partial charge in [-0.05, 0) is 41.8 Å². The molecule has 33 heavy (non-hydrogen) atoms. The molecule has 0 bridgehead atoms. The molecule has 15 heteroatoms. The summed E-state index contributed by atoms with van der Waals surface area (Å²) in [6.45, 7) is -0.543. The van der Waals surface area contributed by atoms with Crippen molar-refractivity contribution >= 4 is 38.1 Å². The monoisotopic (exact) mass is 504 g/mol. The number of hydrogen-bond acceptors (Lipinski definition) is 7. The second kappa shape index (κ2) is 8.58. The molecule has 1 aliphatic heterocycles. The minimum absolute atomic E-state index is 0.0154. The van der Waals surface area contributed by atoms with Crippen LogP contribution in [0.15, 0.2) is 46.2 Å². The predicted molar refractivity (Wildman–Crippen MR) is 104 cm³/mol. The summed E-state index contributed by atoms with van der Waals surface area (Å²) in [5.74, 6) is -6.29. The van der Waals surface area contributed by atoms with Gasteiger partial charge >= 0.3 is 6.03 Å². The molecule has 1 saturated heterocycles. The highest BCUT2D eigenvalue weighted by Gasteiger charge is 2.41. The molecule has 4 amide bonds. The van der Waals surface area contributed by atoms with Crippen molar-refractivity contribution in [3.05, 3.63) is 59.2 Å². The molecule has 11 nitrogen and oxygen atoms in total. The molecule has 0 aliphatic carbocycles. The van der Waals surface area contributed by atoms with E-state index in [1.165, 1.54) is 0 Å². The zero-order valence-electron chi connectivity index (χ0n) is 16.2. The maximum absolute atomic E-state index is 13.5. The van der Waals surface area contributed by atoms with E-state index in [4.69, 9.17) is 4.55 Å². The van der Waals surface area contributed by atoms with Crippen LogP contribution in [0.1, 0.15) is 11.1 Å². The maximum Gasteiger partial charge on any atom is 0.331 e. The maximum atomic E-state index is 13.5. The molecule has 176 valence electrons. The molecule has 0 aromatic heterocycles. The number of rotatable bonds is 6. The zero-order chi connectivity index (χ0) is 24.7. The molecule has 1 aliphatic rings. The number of hydrogen-bond donors (Lipinski definition) is 3. The Morgan fingerprint density at radius 1 is 0.909 bits per heavy atom. The van der Waals surface area contributed by atoms with Gasteiger partial charge in [-0.3, -0.25) is 28.9 Å². The topological polar surface area (TPSA) is 175 Å². The molecular weight excluding hydrogens is 490 g/mol. The standard InChI is InChI=1S/C18H14F2N2O9S2/c19-13-4-1-9(5-14(13)20)8-22-17(24)12(16(23)21-18(22)25)6-10-2-3-11(32(26,27)28)7-15(10)33(29,30)31/h1-5,7,12H,6,8H2,(H,21,23,25)(H,26,27,28)(H,29,30,31). The van der Waals surface area contributed by atoms with E-state index < -0.39 is 78.4 Å². The van der Waals surface area contributed by atoms with Gasteiger partial charge in [-0.1, -0.05) is 12.1 Å². The molecular formula is C18H14F2N2O9S2. The van der Waals surface area contributed by atoms with Crippen LogP contribution in [0.5, 0.6) is 0 Å². The van der Waals surface area contributed by atoms with E-state index in [9.17, 15) is 44.6 Å². The highest BCUT2D eigenvalue weighted by molar-refractivity contribution is 7.86. The highest BCUT2D eigenvalue weighted by atomic mass is 32.2. The van der Waals surface area contributed by atoms with Gasteiger partial charge in [0, 0.05) is 0 Å². The summed E-state index contributed by atoms with van der Waals surface area (Å²) in [6, 6.07) is 3.56. The average Bonchev–Trinajstić information content (AvgIpc) is 2.69. The summed E-state index contributed by atoms with van der Waals surface area (Å²) in [7, 11) is -9.91. The summed E-state index contributed by atoms with van der Waals surface area (Å²) >= 11 is 0. The van der Waals surface area contributed by atoms with Gasteiger partial charge in [-0.15, -0.1) is 0 Å². The molecule has 0 radical (unpaired) electrons. The van der Waals surface area contributed by atoms with Crippen LogP contribution in [-0.2, 0) is 42.8 Å². The third kappa shape index (κ3) is 5.22. The SMILES string of the molecule is O=C1NC(=O)N(Cc2ccc(F)c(F)c2)C(=O)C1Cc1ccc(S(=O)(=O)O)cc1S(=O)(=O)O. The summed E-state index contributed by atoms with van der Waals surface area (Å²) in [5, 5.41) is 1.88. The Hall–Kier alpha value is -3.27. The Morgan fingerprint density at radius 2 is 1.58 bits per heavy atom.